The molecule has 0 fully saturated rings. The highest BCUT2D eigenvalue weighted by Gasteiger charge is 1.91. The Labute approximate surface area is 51.2 Å². The first kappa shape index (κ1) is 7.65. The van der Waals surface area contributed by atoms with Gasteiger partial charge in [-0.2, -0.15) is 4.21 Å². The van der Waals surface area contributed by atoms with Gasteiger partial charge in [0.15, 0.2) is 0 Å². The van der Waals surface area contributed by atoms with Gasteiger partial charge in [-0.15, -0.1) is 0 Å². The van der Waals surface area contributed by atoms with Crippen molar-refractivity contribution in [3.8, 4) is 0 Å². The molecule has 0 spiro atoms. The predicted octanol–water partition coefficient (Wildman–Crippen LogP) is 0.762. The van der Waals surface area contributed by atoms with Crippen LogP contribution in [0.1, 0.15) is 6.92 Å². The normalized spacial score (nSPS) is 12.6. The van der Waals surface area contributed by atoms with Crippen molar-refractivity contribution in [1.29, 1.82) is 0 Å². The molecule has 0 N–H and O–H groups in total. The summed E-state index contributed by atoms with van der Waals surface area (Å²) in [5.74, 6) is 0. The molecule has 0 radical (unpaired) electrons. The maximum atomic E-state index is 10.2. The Bertz CT molecular complexity index is 91.3. The molecule has 0 aromatic carbocycles. The molecular formula is C4H8O3S. The summed E-state index contributed by atoms with van der Waals surface area (Å²) in [6.45, 7) is 5.29. The van der Waals surface area contributed by atoms with E-state index in [-0.39, 0.29) is 0 Å². The van der Waals surface area contributed by atoms with Crippen molar-refractivity contribution in [3.63, 3.8) is 0 Å². The Balaban J connectivity index is 3.18. The van der Waals surface area contributed by atoms with Crippen molar-refractivity contribution in [3.05, 3.63) is 12.8 Å². The third-order valence-corrected chi connectivity index (χ3v) is 1.08. The van der Waals surface area contributed by atoms with Crippen LogP contribution in [0.15, 0.2) is 12.8 Å². The second-order valence-corrected chi connectivity index (χ2v) is 1.71. The van der Waals surface area contributed by atoms with Crippen molar-refractivity contribution in [2.45, 2.75) is 6.92 Å². The molecule has 3 nitrogen and oxygen atoms in total. The maximum Gasteiger partial charge on any atom is 0.359 e. The first-order chi connectivity index (χ1) is 3.81. The van der Waals surface area contributed by atoms with Gasteiger partial charge in [-0.1, -0.05) is 6.58 Å². The molecule has 0 saturated heterocycles. The quantitative estimate of drug-likeness (QED) is 0.535. The first-order valence-corrected chi connectivity index (χ1v) is 3.14. The van der Waals surface area contributed by atoms with Crippen LogP contribution in [0.25, 0.3) is 0 Å². The van der Waals surface area contributed by atoms with Gasteiger partial charge in [-0.05, 0) is 6.92 Å². The summed E-state index contributed by atoms with van der Waals surface area (Å²) in [4.78, 5) is 0. The van der Waals surface area contributed by atoms with Crippen LogP contribution in [-0.2, 0) is 19.7 Å². The Hall–Kier alpha value is -0.350. The summed E-state index contributed by atoms with van der Waals surface area (Å²) in [6.07, 6.45) is 1.08. The third kappa shape index (κ3) is 3.83. The summed E-state index contributed by atoms with van der Waals surface area (Å²) >= 11 is -1.64. The lowest BCUT2D eigenvalue weighted by Crippen LogP contribution is -1.95. The molecule has 0 heterocycles. The second kappa shape index (κ2) is 4.80. The van der Waals surface area contributed by atoms with Crippen LogP contribution >= 0.6 is 0 Å². The zero-order chi connectivity index (χ0) is 6.41. The lowest BCUT2D eigenvalue weighted by atomic mass is 10.9. The minimum atomic E-state index is -1.64. The molecule has 0 bridgehead atoms. The van der Waals surface area contributed by atoms with Gasteiger partial charge in [-0.25, -0.2) is 0 Å². The van der Waals surface area contributed by atoms with E-state index in [0.717, 1.165) is 6.26 Å². The first-order valence-electron chi connectivity index (χ1n) is 2.14. The fourth-order valence-corrected chi connectivity index (χ4v) is 0.539. The predicted molar refractivity (Wildman–Crippen MR) is 31.1 cm³/mol. The van der Waals surface area contributed by atoms with Crippen molar-refractivity contribution < 1.29 is 12.6 Å². The SMILES string of the molecule is C=COS(=O)OCC. The molecule has 0 rings (SSSR count). The smallest absolute Gasteiger partial charge is 0.359 e. The Morgan fingerprint density at radius 2 is 2.50 bits per heavy atom. The van der Waals surface area contributed by atoms with E-state index >= 15 is 0 Å². The molecule has 0 saturated carbocycles. The van der Waals surface area contributed by atoms with Gasteiger partial charge in [0, 0.05) is 0 Å². The lowest BCUT2D eigenvalue weighted by Gasteiger charge is -1.94. The van der Waals surface area contributed by atoms with Crippen LogP contribution in [-0.4, -0.2) is 10.8 Å². The van der Waals surface area contributed by atoms with Crippen molar-refractivity contribution in [2.75, 3.05) is 6.61 Å². The molecular weight excluding hydrogens is 128 g/mol. The van der Waals surface area contributed by atoms with Crippen LogP contribution in [0.4, 0.5) is 0 Å². The van der Waals surface area contributed by atoms with E-state index in [1.165, 1.54) is 0 Å². The van der Waals surface area contributed by atoms with Gasteiger partial charge >= 0.3 is 11.4 Å². The molecule has 0 aliphatic carbocycles. The maximum absolute atomic E-state index is 10.2. The van der Waals surface area contributed by atoms with Gasteiger partial charge in [0.1, 0.15) is 0 Å². The van der Waals surface area contributed by atoms with Crippen molar-refractivity contribution in [2.24, 2.45) is 0 Å². The van der Waals surface area contributed by atoms with Crippen molar-refractivity contribution in [1.82, 2.24) is 0 Å². The Morgan fingerprint density at radius 3 is 2.88 bits per heavy atom. The monoisotopic (exact) mass is 136 g/mol. The fraction of sp³-hybridized carbons (Fsp3) is 0.500. The van der Waals surface area contributed by atoms with Crippen LogP contribution in [0.5, 0.6) is 0 Å². The zero-order valence-electron chi connectivity index (χ0n) is 4.62. The van der Waals surface area contributed by atoms with E-state index in [1.807, 2.05) is 0 Å². The van der Waals surface area contributed by atoms with Crippen LogP contribution < -0.4 is 0 Å². The average Bonchev–Trinajstić information content (AvgIpc) is 1.68. The van der Waals surface area contributed by atoms with E-state index in [1.54, 1.807) is 6.92 Å². The molecule has 1 atom stereocenters. The summed E-state index contributed by atoms with van der Waals surface area (Å²) in [5, 5.41) is 0. The van der Waals surface area contributed by atoms with Gasteiger partial charge in [0.25, 0.3) is 0 Å². The largest absolute Gasteiger partial charge is 0.389 e. The number of rotatable bonds is 4. The summed E-state index contributed by atoms with van der Waals surface area (Å²) in [7, 11) is 0. The van der Waals surface area contributed by atoms with E-state index in [9.17, 15) is 4.21 Å². The average molecular weight is 136 g/mol. The summed E-state index contributed by atoms with van der Waals surface area (Å²) in [5.41, 5.74) is 0. The molecule has 0 aliphatic heterocycles. The van der Waals surface area contributed by atoms with Crippen molar-refractivity contribution >= 4 is 11.4 Å². The van der Waals surface area contributed by atoms with Crippen LogP contribution in [0.2, 0.25) is 0 Å². The van der Waals surface area contributed by atoms with Gasteiger partial charge in [0.05, 0.1) is 12.9 Å². The second-order valence-electron chi connectivity index (χ2n) is 0.874. The molecule has 0 aromatic heterocycles. The zero-order valence-corrected chi connectivity index (χ0v) is 5.44. The molecule has 8 heavy (non-hydrogen) atoms. The molecule has 48 valence electrons. The number of hydrogen-bond donors (Lipinski definition) is 0. The minimum Gasteiger partial charge on any atom is -0.389 e. The van der Waals surface area contributed by atoms with E-state index < -0.39 is 11.4 Å². The molecule has 1 unspecified atom stereocenters. The van der Waals surface area contributed by atoms with Crippen LogP contribution in [0, 0.1) is 0 Å². The molecule has 0 aliphatic rings. The molecule has 0 aromatic rings. The van der Waals surface area contributed by atoms with E-state index in [0.29, 0.717) is 6.61 Å². The van der Waals surface area contributed by atoms with Gasteiger partial charge in [0.2, 0.25) is 0 Å². The summed E-state index contributed by atoms with van der Waals surface area (Å²) < 4.78 is 19.0. The standard InChI is InChI=1S/C4H8O3S/c1-3-6-8(5)7-4-2/h3H,1,4H2,2H3. The Kier molecular flexibility index (Phi) is 4.59. The minimum absolute atomic E-state index is 0.375. The topological polar surface area (TPSA) is 35.5 Å². The highest BCUT2D eigenvalue weighted by molar-refractivity contribution is 7.75. The van der Waals surface area contributed by atoms with Gasteiger partial charge in [-0.3, -0.25) is 4.18 Å². The highest BCUT2D eigenvalue weighted by Crippen LogP contribution is 1.86. The third-order valence-electron chi connectivity index (χ3n) is 0.361. The number of hydrogen-bond acceptors (Lipinski definition) is 3. The van der Waals surface area contributed by atoms with Crippen LogP contribution in [0.3, 0.4) is 0 Å². The lowest BCUT2D eigenvalue weighted by molar-refractivity contribution is 0.314. The Morgan fingerprint density at radius 1 is 1.88 bits per heavy atom. The summed E-state index contributed by atoms with van der Waals surface area (Å²) in [6, 6.07) is 0. The highest BCUT2D eigenvalue weighted by atomic mass is 32.2. The molecule has 0 amide bonds. The van der Waals surface area contributed by atoms with Gasteiger partial charge < -0.3 is 4.18 Å². The van der Waals surface area contributed by atoms with E-state index in [4.69, 9.17) is 0 Å². The fourth-order valence-electron chi connectivity index (χ4n) is 0.180. The van der Waals surface area contributed by atoms with E-state index in [2.05, 4.69) is 14.9 Å². The molecule has 4 heteroatoms.